The third kappa shape index (κ3) is 8.52. The molecule has 1 rings (SSSR count). The third-order valence-corrected chi connectivity index (χ3v) is 5.07. The minimum Gasteiger partial charge on any atom is -0.129 e. The van der Waals surface area contributed by atoms with Crippen molar-refractivity contribution in [2.24, 2.45) is 5.41 Å². The van der Waals surface area contributed by atoms with Gasteiger partial charge >= 0.3 is 0 Å². The first-order valence-electron chi connectivity index (χ1n) is 9.75. The van der Waals surface area contributed by atoms with Crippen molar-refractivity contribution in [1.82, 2.24) is 0 Å². The van der Waals surface area contributed by atoms with Crippen LogP contribution in [0.25, 0.3) is 0 Å². The van der Waals surface area contributed by atoms with Crippen molar-refractivity contribution in [3.63, 3.8) is 0 Å². The second kappa shape index (κ2) is 12.1. The molecular weight excluding hydrogens is 252 g/mol. The quantitative estimate of drug-likeness (QED) is 0.228. The van der Waals surface area contributed by atoms with Crippen molar-refractivity contribution in [1.29, 1.82) is 0 Å². The van der Waals surface area contributed by atoms with Gasteiger partial charge in [0.2, 0.25) is 0 Å². The molecule has 0 N–H and O–H groups in total. The lowest BCUT2D eigenvalue weighted by Crippen LogP contribution is -2.15. The van der Waals surface area contributed by atoms with Crippen LogP contribution in [0, 0.1) is 5.41 Å². The van der Waals surface area contributed by atoms with E-state index in [1.807, 2.05) is 0 Å². The predicted molar refractivity (Wildman–Crippen MR) is 95.7 cm³/mol. The number of unbranched alkanes of at least 4 members (excludes halogenated alkanes) is 10. The highest BCUT2D eigenvalue weighted by atomic mass is 14.3. The molecule has 0 nitrogen and oxygen atoms in total. The zero-order chi connectivity index (χ0) is 15.2. The summed E-state index contributed by atoms with van der Waals surface area (Å²) in [5.74, 6) is 0. The van der Waals surface area contributed by atoms with E-state index in [1.165, 1.54) is 96.3 Å². The highest BCUT2D eigenvalue weighted by Gasteiger charge is 2.27. The molecular formula is C21H38. The van der Waals surface area contributed by atoms with Crippen LogP contribution < -0.4 is 0 Å². The summed E-state index contributed by atoms with van der Waals surface area (Å²) in [4.78, 5) is 0. The normalized spacial score (nSPS) is 15.9. The van der Waals surface area contributed by atoms with Crippen LogP contribution in [0.1, 0.15) is 110 Å². The second-order valence-corrected chi connectivity index (χ2v) is 7.12. The van der Waals surface area contributed by atoms with Crippen LogP contribution in [0.3, 0.4) is 0 Å². The molecule has 0 saturated heterocycles. The molecule has 0 radical (unpaired) electrons. The van der Waals surface area contributed by atoms with Crippen LogP contribution in [0.5, 0.6) is 0 Å². The Morgan fingerprint density at radius 3 is 1.62 bits per heavy atom. The molecule has 0 spiro atoms. The maximum atomic E-state index is 3.39. The van der Waals surface area contributed by atoms with E-state index in [1.54, 1.807) is 0 Å². The molecule has 0 unspecified atom stereocenters. The van der Waals surface area contributed by atoms with Gasteiger partial charge < -0.3 is 0 Å². The van der Waals surface area contributed by atoms with Gasteiger partial charge in [-0.1, -0.05) is 90.9 Å². The van der Waals surface area contributed by atoms with Gasteiger partial charge in [-0.15, -0.1) is 5.73 Å². The third-order valence-electron chi connectivity index (χ3n) is 5.07. The average Bonchev–Trinajstić information content (AvgIpc) is 2.96. The van der Waals surface area contributed by atoms with E-state index in [0.29, 0.717) is 5.41 Å². The molecule has 1 aliphatic rings. The minimum absolute atomic E-state index is 0.496. The lowest BCUT2D eigenvalue weighted by molar-refractivity contribution is 0.305. The van der Waals surface area contributed by atoms with E-state index in [2.05, 4.69) is 31.7 Å². The fourth-order valence-electron chi connectivity index (χ4n) is 3.55. The van der Waals surface area contributed by atoms with Crippen molar-refractivity contribution < 1.29 is 0 Å². The zero-order valence-electron chi connectivity index (χ0n) is 14.8. The standard InChI is InChI=1S/C21H38/c1-3-5-7-9-11-13-17-21(19-15-16-20-21)18-14-12-10-8-6-4-2/h15,20H,3-14,17-19H2,1-2H3. The molecule has 0 aromatic carbocycles. The predicted octanol–water partition coefficient (Wildman–Crippen LogP) is 7.59. The van der Waals surface area contributed by atoms with E-state index in [9.17, 15) is 0 Å². The molecule has 122 valence electrons. The summed E-state index contributed by atoms with van der Waals surface area (Å²) in [6.07, 6.45) is 25.8. The van der Waals surface area contributed by atoms with Gasteiger partial charge in [-0.3, -0.25) is 0 Å². The molecule has 0 amide bonds. The van der Waals surface area contributed by atoms with E-state index in [-0.39, 0.29) is 0 Å². The SMILES string of the molecule is CCCCCCCCC1(CCCCCCCC)C=C=CC1. The molecule has 0 heteroatoms. The first kappa shape index (κ1) is 18.6. The molecule has 0 saturated carbocycles. The summed E-state index contributed by atoms with van der Waals surface area (Å²) in [7, 11) is 0. The van der Waals surface area contributed by atoms with Crippen LogP contribution in [-0.4, -0.2) is 0 Å². The second-order valence-electron chi connectivity index (χ2n) is 7.12. The van der Waals surface area contributed by atoms with Crippen molar-refractivity contribution in [3.05, 3.63) is 17.9 Å². The summed E-state index contributed by atoms with van der Waals surface area (Å²) < 4.78 is 0. The lowest BCUT2D eigenvalue weighted by Gasteiger charge is -2.27. The van der Waals surface area contributed by atoms with Gasteiger partial charge in [0.1, 0.15) is 0 Å². The minimum atomic E-state index is 0.496. The smallest absolute Gasteiger partial charge is 0.000207 e. The summed E-state index contributed by atoms with van der Waals surface area (Å²) in [5.41, 5.74) is 3.88. The Morgan fingerprint density at radius 1 is 0.714 bits per heavy atom. The highest BCUT2D eigenvalue weighted by molar-refractivity contribution is 5.09. The summed E-state index contributed by atoms with van der Waals surface area (Å²) >= 11 is 0. The molecule has 0 heterocycles. The summed E-state index contributed by atoms with van der Waals surface area (Å²) in [6, 6.07) is 0. The lowest BCUT2D eigenvalue weighted by atomic mass is 9.77. The molecule has 21 heavy (non-hydrogen) atoms. The Hall–Kier alpha value is -0.480. The zero-order valence-corrected chi connectivity index (χ0v) is 14.8. The average molecular weight is 291 g/mol. The molecule has 0 aromatic rings. The molecule has 0 fully saturated rings. The van der Waals surface area contributed by atoms with Gasteiger partial charge in [0.15, 0.2) is 0 Å². The Balaban J connectivity index is 2.11. The number of hydrogen-bond donors (Lipinski definition) is 0. The van der Waals surface area contributed by atoms with E-state index < -0.39 is 0 Å². The van der Waals surface area contributed by atoms with Crippen molar-refractivity contribution in [2.75, 3.05) is 0 Å². The van der Waals surface area contributed by atoms with Crippen molar-refractivity contribution >= 4 is 0 Å². The Labute approximate surface area is 134 Å². The molecule has 0 aliphatic heterocycles. The number of hydrogen-bond acceptors (Lipinski definition) is 0. The van der Waals surface area contributed by atoms with E-state index in [4.69, 9.17) is 0 Å². The summed E-state index contributed by atoms with van der Waals surface area (Å²) in [5, 5.41) is 0. The van der Waals surface area contributed by atoms with Gasteiger partial charge in [-0.05, 0) is 36.8 Å². The van der Waals surface area contributed by atoms with Crippen LogP contribution >= 0.6 is 0 Å². The van der Waals surface area contributed by atoms with Gasteiger partial charge in [-0.25, -0.2) is 0 Å². The van der Waals surface area contributed by atoms with Gasteiger partial charge in [0.05, 0.1) is 0 Å². The first-order chi connectivity index (χ1) is 10.3. The summed E-state index contributed by atoms with van der Waals surface area (Å²) in [6.45, 7) is 4.59. The molecule has 0 atom stereocenters. The maximum Gasteiger partial charge on any atom is -0.000207 e. The Bertz CT molecular complexity index is 277. The fraction of sp³-hybridized carbons (Fsp3) is 0.857. The van der Waals surface area contributed by atoms with Gasteiger partial charge in [0, 0.05) is 0 Å². The fourth-order valence-corrected chi connectivity index (χ4v) is 3.55. The van der Waals surface area contributed by atoms with Crippen LogP contribution in [-0.2, 0) is 0 Å². The number of allylic oxidation sites excluding steroid dienone is 1. The van der Waals surface area contributed by atoms with Gasteiger partial charge in [-0.2, -0.15) is 0 Å². The molecule has 0 bridgehead atoms. The van der Waals surface area contributed by atoms with Crippen molar-refractivity contribution in [3.8, 4) is 0 Å². The Morgan fingerprint density at radius 2 is 1.19 bits per heavy atom. The van der Waals surface area contributed by atoms with Crippen molar-refractivity contribution in [2.45, 2.75) is 110 Å². The number of rotatable bonds is 14. The first-order valence-corrected chi connectivity index (χ1v) is 9.75. The van der Waals surface area contributed by atoms with Crippen LogP contribution in [0.4, 0.5) is 0 Å². The highest BCUT2D eigenvalue weighted by Crippen LogP contribution is 2.39. The molecule has 0 aromatic heterocycles. The van der Waals surface area contributed by atoms with Crippen LogP contribution in [0.15, 0.2) is 17.9 Å². The maximum absolute atomic E-state index is 3.39. The largest absolute Gasteiger partial charge is 0.129 e. The van der Waals surface area contributed by atoms with Gasteiger partial charge in [0.25, 0.3) is 0 Å². The van der Waals surface area contributed by atoms with E-state index >= 15 is 0 Å². The van der Waals surface area contributed by atoms with Crippen LogP contribution in [0.2, 0.25) is 0 Å². The Kier molecular flexibility index (Phi) is 10.7. The topological polar surface area (TPSA) is 0 Å². The monoisotopic (exact) mass is 290 g/mol. The molecule has 1 aliphatic carbocycles. The van der Waals surface area contributed by atoms with E-state index in [0.717, 1.165) is 0 Å².